The van der Waals surface area contributed by atoms with E-state index in [4.69, 9.17) is 4.74 Å². The second-order valence-corrected chi connectivity index (χ2v) is 8.05. The van der Waals surface area contributed by atoms with Crippen LogP contribution in [0.25, 0.3) is 21.3 Å². The Morgan fingerprint density at radius 2 is 2.15 bits per heavy atom. The molecule has 4 nitrogen and oxygen atoms in total. The van der Waals surface area contributed by atoms with Gasteiger partial charge in [-0.05, 0) is 63.1 Å². The Labute approximate surface area is 157 Å². The van der Waals surface area contributed by atoms with Gasteiger partial charge in [0.15, 0.2) is 0 Å². The van der Waals surface area contributed by atoms with Crippen LogP contribution in [0.1, 0.15) is 28.8 Å². The number of nitriles is 1. The molecule has 1 saturated heterocycles. The first kappa shape index (κ1) is 17.0. The first-order valence-corrected chi connectivity index (χ1v) is 9.75. The predicted octanol–water partition coefficient (Wildman–Crippen LogP) is 4.58. The Balaban J connectivity index is 1.87. The van der Waals surface area contributed by atoms with Crippen LogP contribution >= 0.6 is 11.3 Å². The van der Waals surface area contributed by atoms with Gasteiger partial charge in [0.2, 0.25) is 0 Å². The van der Waals surface area contributed by atoms with E-state index in [1.54, 1.807) is 11.3 Å². The molecule has 1 aliphatic rings. The summed E-state index contributed by atoms with van der Waals surface area (Å²) in [5.41, 5.74) is 4.73. The standard InChI is InChI=1S/C21H21N3OS/c1-13-8-15(11-22)10-18(20(13)25-16-4-3-6-23-12-16)17-5-7-24-19-9-14(2)26-21(17)19/h5,7-10,16,23H,3-4,6,12H2,1-2H3. The highest BCUT2D eigenvalue weighted by Crippen LogP contribution is 2.40. The summed E-state index contributed by atoms with van der Waals surface area (Å²) in [6, 6.07) is 10.3. The minimum atomic E-state index is 0.163. The molecule has 1 N–H and O–H groups in total. The maximum Gasteiger partial charge on any atom is 0.130 e. The summed E-state index contributed by atoms with van der Waals surface area (Å²) in [6.07, 6.45) is 4.18. The van der Waals surface area contributed by atoms with E-state index in [0.29, 0.717) is 5.56 Å². The SMILES string of the molecule is Cc1cc2nccc(-c3cc(C#N)cc(C)c3OC3CCCNC3)c2s1. The van der Waals surface area contributed by atoms with Gasteiger partial charge in [0.1, 0.15) is 11.9 Å². The molecule has 3 heterocycles. The Hall–Kier alpha value is -2.42. The van der Waals surface area contributed by atoms with Crippen molar-refractivity contribution in [1.29, 1.82) is 5.26 Å². The summed E-state index contributed by atoms with van der Waals surface area (Å²) in [5, 5.41) is 12.9. The van der Waals surface area contributed by atoms with Crippen LogP contribution < -0.4 is 10.1 Å². The minimum absolute atomic E-state index is 0.163. The molecule has 0 amide bonds. The number of hydrogen-bond acceptors (Lipinski definition) is 5. The molecule has 1 aliphatic heterocycles. The molecule has 3 aromatic rings. The number of piperidine rings is 1. The van der Waals surface area contributed by atoms with E-state index < -0.39 is 0 Å². The van der Waals surface area contributed by atoms with E-state index in [-0.39, 0.29) is 6.10 Å². The van der Waals surface area contributed by atoms with Crippen LogP contribution in [0.2, 0.25) is 0 Å². The average molecular weight is 363 g/mol. The molecule has 0 bridgehead atoms. The Morgan fingerprint density at radius 1 is 1.27 bits per heavy atom. The lowest BCUT2D eigenvalue weighted by Crippen LogP contribution is -2.37. The van der Waals surface area contributed by atoms with Gasteiger partial charge >= 0.3 is 0 Å². The fourth-order valence-electron chi connectivity index (χ4n) is 3.55. The molecule has 0 radical (unpaired) electrons. The fraction of sp³-hybridized carbons (Fsp3) is 0.333. The smallest absolute Gasteiger partial charge is 0.130 e. The van der Waals surface area contributed by atoms with Crippen LogP contribution in [-0.2, 0) is 0 Å². The molecular formula is C21H21N3OS. The summed E-state index contributed by atoms with van der Waals surface area (Å²) in [4.78, 5) is 5.72. The number of ether oxygens (including phenoxy) is 1. The zero-order valence-electron chi connectivity index (χ0n) is 15.0. The minimum Gasteiger partial charge on any atom is -0.488 e. The van der Waals surface area contributed by atoms with Crippen LogP contribution in [0.4, 0.5) is 0 Å². The lowest BCUT2D eigenvalue weighted by molar-refractivity contribution is 0.167. The molecule has 132 valence electrons. The molecule has 1 unspecified atom stereocenters. The number of benzene rings is 1. The lowest BCUT2D eigenvalue weighted by Gasteiger charge is -2.26. The molecule has 4 rings (SSSR count). The van der Waals surface area contributed by atoms with Crippen molar-refractivity contribution < 1.29 is 4.74 Å². The van der Waals surface area contributed by atoms with Gasteiger partial charge in [-0.3, -0.25) is 4.98 Å². The molecule has 2 aromatic heterocycles. The molecule has 1 aromatic carbocycles. The maximum absolute atomic E-state index is 9.45. The van der Waals surface area contributed by atoms with Gasteiger partial charge in [-0.2, -0.15) is 5.26 Å². The largest absolute Gasteiger partial charge is 0.488 e. The van der Waals surface area contributed by atoms with Gasteiger partial charge in [0.05, 0.1) is 21.8 Å². The van der Waals surface area contributed by atoms with Crippen LogP contribution in [0.3, 0.4) is 0 Å². The van der Waals surface area contributed by atoms with E-state index in [1.165, 1.54) is 4.88 Å². The third kappa shape index (κ3) is 3.18. The quantitative estimate of drug-likeness (QED) is 0.740. The van der Waals surface area contributed by atoms with E-state index >= 15 is 0 Å². The second kappa shape index (κ2) is 7.06. The number of hydrogen-bond donors (Lipinski definition) is 1. The highest BCUT2D eigenvalue weighted by atomic mass is 32.1. The molecule has 0 spiro atoms. The predicted molar refractivity (Wildman–Crippen MR) is 106 cm³/mol. The number of nitrogens with one attached hydrogen (secondary N) is 1. The van der Waals surface area contributed by atoms with Gasteiger partial charge in [-0.25, -0.2) is 0 Å². The average Bonchev–Trinajstić information content (AvgIpc) is 3.04. The van der Waals surface area contributed by atoms with E-state index in [0.717, 1.165) is 58.6 Å². The molecule has 0 saturated carbocycles. The van der Waals surface area contributed by atoms with E-state index in [2.05, 4.69) is 29.4 Å². The van der Waals surface area contributed by atoms with Crippen molar-refractivity contribution >= 4 is 21.6 Å². The van der Waals surface area contributed by atoms with Gasteiger partial charge in [-0.1, -0.05) is 0 Å². The van der Waals surface area contributed by atoms with Crippen LogP contribution in [0, 0.1) is 25.2 Å². The lowest BCUT2D eigenvalue weighted by atomic mass is 9.99. The van der Waals surface area contributed by atoms with Crippen LogP contribution in [0.5, 0.6) is 5.75 Å². The van der Waals surface area contributed by atoms with Gasteiger partial charge in [0.25, 0.3) is 0 Å². The van der Waals surface area contributed by atoms with Crippen molar-refractivity contribution in [3.63, 3.8) is 0 Å². The summed E-state index contributed by atoms with van der Waals surface area (Å²) in [5.74, 6) is 0.885. The molecular weight excluding hydrogens is 342 g/mol. The number of thiophene rings is 1. The third-order valence-corrected chi connectivity index (χ3v) is 5.84. The number of aromatic nitrogens is 1. The molecule has 1 atom stereocenters. The van der Waals surface area contributed by atoms with E-state index in [9.17, 15) is 5.26 Å². The van der Waals surface area contributed by atoms with Gasteiger partial charge in [0, 0.05) is 28.7 Å². The number of fused-ring (bicyclic) bond motifs is 1. The molecule has 26 heavy (non-hydrogen) atoms. The van der Waals surface area contributed by atoms with E-state index in [1.807, 2.05) is 31.3 Å². The zero-order chi connectivity index (χ0) is 18.1. The summed E-state index contributed by atoms with van der Waals surface area (Å²) in [6.45, 7) is 6.04. The number of aryl methyl sites for hydroxylation is 2. The first-order chi connectivity index (χ1) is 12.7. The number of nitrogens with zero attached hydrogens (tertiary/aromatic N) is 2. The van der Waals surface area contributed by atoms with Crippen molar-refractivity contribution in [3.8, 4) is 22.9 Å². The Kier molecular flexibility index (Phi) is 4.62. The number of rotatable bonds is 3. The molecule has 5 heteroatoms. The van der Waals surface area contributed by atoms with Crippen molar-refractivity contribution in [2.45, 2.75) is 32.8 Å². The first-order valence-electron chi connectivity index (χ1n) is 8.93. The highest BCUT2D eigenvalue weighted by Gasteiger charge is 2.20. The Bertz CT molecular complexity index is 996. The van der Waals surface area contributed by atoms with Crippen LogP contribution in [-0.4, -0.2) is 24.2 Å². The van der Waals surface area contributed by atoms with Crippen molar-refractivity contribution in [1.82, 2.24) is 10.3 Å². The van der Waals surface area contributed by atoms with Gasteiger partial charge < -0.3 is 10.1 Å². The molecule has 0 aliphatic carbocycles. The monoisotopic (exact) mass is 363 g/mol. The third-order valence-electron chi connectivity index (χ3n) is 4.77. The second-order valence-electron chi connectivity index (χ2n) is 6.80. The highest BCUT2D eigenvalue weighted by molar-refractivity contribution is 7.19. The maximum atomic E-state index is 9.45. The zero-order valence-corrected chi connectivity index (χ0v) is 15.8. The van der Waals surface area contributed by atoms with Crippen molar-refractivity contribution in [3.05, 3.63) is 46.5 Å². The fourth-order valence-corrected chi connectivity index (χ4v) is 4.55. The topological polar surface area (TPSA) is 57.9 Å². The van der Waals surface area contributed by atoms with Gasteiger partial charge in [-0.15, -0.1) is 11.3 Å². The van der Waals surface area contributed by atoms with Crippen molar-refractivity contribution in [2.75, 3.05) is 13.1 Å². The molecule has 1 fully saturated rings. The normalized spacial score (nSPS) is 17.2. The Morgan fingerprint density at radius 3 is 2.92 bits per heavy atom. The summed E-state index contributed by atoms with van der Waals surface area (Å²) in [7, 11) is 0. The van der Waals surface area contributed by atoms with Crippen LogP contribution in [0.15, 0.2) is 30.5 Å². The van der Waals surface area contributed by atoms with Crippen molar-refractivity contribution in [2.24, 2.45) is 0 Å². The number of pyridine rings is 1. The summed E-state index contributed by atoms with van der Waals surface area (Å²) < 4.78 is 7.58. The summed E-state index contributed by atoms with van der Waals surface area (Å²) >= 11 is 1.73.